The van der Waals surface area contributed by atoms with Crippen LogP contribution in [-0.4, -0.2) is 31.7 Å². The lowest BCUT2D eigenvalue weighted by Gasteiger charge is -2.10. The molecule has 0 spiro atoms. The second kappa shape index (κ2) is 10.7. The van der Waals surface area contributed by atoms with Crippen LogP contribution in [0.1, 0.15) is 19.3 Å². The molecule has 0 radical (unpaired) electrons. The molecule has 0 fully saturated rings. The first-order valence-corrected chi connectivity index (χ1v) is 4.54. The topological polar surface area (TPSA) is 104 Å². The first-order chi connectivity index (χ1) is 6.22. The molecule has 0 rings (SSSR count). The van der Waals surface area contributed by atoms with Crippen molar-refractivity contribution < 1.29 is 9.53 Å². The Morgan fingerprint density at radius 2 is 1.86 bits per heavy atom. The van der Waals surface area contributed by atoms with Gasteiger partial charge in [-0.25, -0.2) is 0 Å². The molecule has 0 aliphatic rings. The summed E-state index contributed by atoms with van der Waals surface area (Å²) in [5.41, 5.74) is 16.0. The molecule has 0 aromatic rings. The number of esters is 1. The van der Waals surface area contributed by atoms with Crippen LogP contribution in [-0.2, 0) is 9.53 Å². The number of rotatable bonds is 7. The fourth-order valence-corrected chi connectivity index (χ4v) is 0.893. The molecule has 0 saturated heterocycles. The van der Waals surface area contributed by atoms with Crippen LogP contribution in [0.2, 0.25) is 0 Å². The Bertz CT molecular complexity index is 147. The Morgan fingerprint density at radius 1 is 1.21 bits per heavy atom. The van der Waals surface area contributed by atoms with E-state index < -0.39 is 6.04 Å². The van der Waals surface area contributed by atoms with Gasteiger partial charge in [0.2, 0.25) is 0 Å². The van der Waals surface area contributed by atoms with E-state index in [0.29, 0.717) is 19.5 Å². The van der Waals surface area contributed by atoms with E-state index in [4.69, 9.17) is 21.9 Å². The van der Waals surface area contributed by atoms with Gasteiger partial charge in [-0.15, -0.1) is 12.4 Å². The van der Waals surface area contributed by atoms with Gasteiger partial charge in [-0.1, -0.05) is 6.42 Å². The average molecular weight is 226 g/mol. The molecule has 0 saturated carbocycles. The molecule has 6 heteroatoms. The van der Waals surface area contributed by atoms with E-state index in [1.165, 1.54) is 0 Å². The van der Waals surface area contributed by atoms with E-state index >= 15 is 0 Å². The first-order valence-electron chi connectivity index (χ1n) is 4.54. The van der Waals surface area contributed by atoms with E-state index in [2.05, 4.69) is 0 Å². The van der Waals surface area contributed by atoms with Gasteiger partial charge in [-0.05, 0) is 19.4 Å². The number of hydrogen-bond acceptors (Lipinski definition) is 5. The van der Waals surface area contributed by atoms with Crippen molar-refractivity contribution in [2.24, 2.45) is 17.2 Å². The number of ether oxygens (including phenoxy) is 1. The fourth-order valence-electron chi connectivity index (χ4n) is 0.893. The molecule has 0 aromatic heterocycles. The normalized spacial score (nSPS) is 11.6. The Balaban J connectivity index is 0. The fraction of sp³-hybridized carbons (Fsp3) is 0.875. The average Bonchev–Trinajstić information content (AvgIpc) is 2.14. The quantitative estimate of drug-likeness (QED) is 0.395. The number of carbonyl (C=O) groups excluding carboxylic acids is 1. The molecule has 14 heavy (non-hydrogen) atoms. The number of halogens is 1. The largest absolute Gasteiger partial charge is 0.463 e. The Kier molecular flexibility index (Phi) is 12.3. The monoisotopic (exact) mass is 225 g/mol. The van der Waals surface area contributed by atoms with Crippen LogP contribution in [0.15, 0.2) is 0 Å². The Hall–Kier alpha value is -0.360. The van der Waals surface area contributed by atoms with Gasteiger partial charge >= 0.3 is 5.97 Å². The molecular weight excluding hydrogens is 206 g/mol. The molecule has 0 aromatic carbocycles. The van der Waals surface area contributed by atoms with E-state index in [0.717, 1.165) is 12.8 Å². The van der Waals surface area contributed by atoms with Crippen molar-refractivity contribution >= 4 is 18.4 Å². The zero-order valence-corrected chi connectivity index (χ0v) is 9.09. The van der Waals surface area contributed by atoms with Gasteiger partial charge in [-0.3, -0.25) is 4.79 Å². The minimum absolute atomic E-state index is 0. The SMILES string of the molecule is Cl.NCCCCC(N)C(=O)OCCN. The molecule has 86 valence electrons. The highest BCUT2D eigenvalue weighted by Gasteiger charge is 2.13. The Morgan fingerprint density at radius 3 is 2.36 bits per heavy atom. The van der Waals surface area contributed by atoms with Gasteiger partial charge in [0, 0.05) is 6.54 Å². The molecule has 5 nitrogen and oxygen atoms in total. The van der Waals surface area contributed by atoms with E-state index in [9.17, 15) is 4.79 Å². The van der Waals surface area contributed by atoms with Gasteiger partial charge in [0.1, 0.15) is 12.6 Å². The second-order valence-corrected chi connectivity index (χ2v) is 2.85. The zero-order chi connectivity index (χ0) is 10.1. The van der Waals surface area contributed by atoms with Crippen LogP contribution < -0.4 is 17.2 Å². The van der Waals surface area contributed by atoms with Gasteiger partial charge in [0.15, 0.2) is 0 Å². The molecular formula is C8H20ClN3O2. The molecule has 0 aliphatic heterocycles. The van der Waals surface area contributed by atoms with Crippen molar-refractivity contribution in [1.29, 1.82) is 0 Å². The summed E-state index contributed by atoms with van der Waals surface area (Å²) < 4.78 is 4.76. The van der Waals surface area contributed by atoms with Gasteiger partial charge in [-0.2, -0.15) is 0 Å². The second-order valence-electron chi connectivity index (χ2n) is 2.85. The third-order valence-corrected chi connectivity index (χ3v) is 1.63. The molecule has 1 unspecified atom stereocenters. The van der Waals surface area contributed by atoms with Crippen molar-refractivity contribution in [2.75, 3.05) is 19.7 Å². The zero-order valence-electron chi connectivity index (χ0n) is 8.28. The lowest BCUT2D eigenvalue weighted by Crippen LogP contribution is -2.33. The highest BCUT2D eigenvalue weighted by molar-refractivity contribution is 5.85. The van der Waals surface area contributed by atoms with Crippen LogP contribution in [0.3, 0.4) is 0 Å². The maximum absolute atomic E-state index is 11.1. The summed E-state index contributed by atoms with van der Waals surface area (Å²) >= 11 is 0. The summed E-state index contributed by atoms with van der Waals surface area (Å²) in [5.74, 6) is -0.373. The smallest absolute Gasteiger partial charge is 0.322 e. The standard InChI is InChI=1S/C8H19N3O2.ClH/c9-4-2-1-3-7(11)8(12)13-6-5-10;/h7H,1-6,9-11H2;1H. The Labute approximate surface area is 90.7 Å². The molecule has 1 atom stereocenters. The van der Waals surface area contributed by atoms with Crippen LogP contribution in [0.5, 0.6) is 0 Å². The molecule has 0 aliphatic carbocycles. The third kappa shape index (κ3) is 8.25. The third-order valence-electron chi connectivity index (χ3n) is 1.63. The number of carbonyl (C=O) groups is 1. The molecule has 0 amide bonds. The van der Waals surface area contributed by atoms with Crippen molar-refractivity contribution in [3.63, 3.8) is 0 Å². The summed E-state index contributed by atoms with van der Waals surface area (Å²) in [6.07, 6.45) is 2.37. The maximum atomic E-state index is 11.1. The van der Waals surface area contributed by atoms with Crippen LogP contribution in [0.25, 0.3) is 0 Å². The highest BCUT2D eigenvalue weighted by atomic mass is 35.5. The van der Waals surface area contributed by atoms with Gasteiger partial charge < -0.3 is 21.9 Å². The summed E-state index contributed by atoms with van der Waals surface area (Å²) in [7, 11) is 0. The van der Waals surface area contributed by atoms with E-state index in [1.807, 2.05) is 0 Å². The van der Waals surface area contributed by atoms with Crippen molar-refractivity contribution in [3.05, 3.63) is 0 Å². The van der Waals surface area contributed by atoms with Crippen molar-refractivity contribution in [1.82, 2.24) is 0 Å². The van der Waals surface area contributed by atoms with Crippen molar-refractivity contribution in [2.45, 2.75) is 25.3 Å². The lowest BCUT2D eigenvalue weighted by molar-refractivity contribution is -0.145. The predicted molar refractivity (Wildman–Crippen MR) is 58.1 cm³/mol. The number of nitrogens with two attached hydrogens (primary N) is 3. The number of hydrogen-bond donors (Lipinski definition) is 3. The minimum Gasteiger partial charge on any atom is -0.463 e. The van der Waals surface area contributed by atoms with E-state index in [-0.39, 0.29) is 25.0 Å². The minimum atomic E-state index is -0.530. The summed E-state index contributed by atoms with van der Waals surface area (Å²) in [6, 6.07) is -0.530. The number of unbranched alkanes of at least 4 members (excludes halogenated alkanes) is 1. The lowest BCUT2D eigenvalue weighted by atomic mass is 10.1. The maximum Gasteiger partial charge on any atom is 0.322 e. The highest BCUT2D eigenvalue weighted by Crippen LogP contribution is 1.99. The van der Waals surface area contributed by atoms with Crippen LogP contribution >= 0.6 is 12.4 Å². The van der Waals surface area contributed by atoms with Crippen molar-refractivity contribution in [3.8, 4) is 0 Å². The van der Waals surface area contributed by atoms with Crippen LogP contribution in [0, 0.1) is 0 Å². The van der Waals surface area contributed by atoms with Gasteiger partial charge in [0.05, 0.1) is 0 Å². The molecule has 0 bridgehead atoms. The molecule has 6 N–H and O–H groups in total. The summed E-state index contributed by atoms with van der Waals surface area (Å²) in [6.45, 7) is 1.20. The predicted octanol–water partition coefficient (Wildman–Crippen LogP) is -0.634. The van der Waals surface area contributed by atoms with Gasteiger partial charge in [0.25, 0.3) is 0 Å². The summed E-state index contributed by atoms with van der Waals surface area (Å²) in [5, 5.41) is 0. The van der Waals surface area contributed by atoms with Crippen LogP contribution in [0.4, 0.5) is 0 Å². The first kappa shape index (κ1) is 16.1. The van der Waals surface area contributed by atoms with E-state index in [1.54, 1.807) is 0 Å². The molecule has 0 heterocycles. The summed E-state index contributed by atoms with van der Waals surface area (Å²) in [4.78, 5) is 11.1.